The number of rotatable bonds is 3. The van der Waals surface area contributed by atoms with Gasteiger partial charge in [-0.15, -0.1) is 0 Å². The van der Waals surface area contributed by atoms with Crippen LogP contribution in [0, 0.1) is 5.41 Å². The number of carbonyl (C=O) groups excluding carboxylic acids is 1. The second-order valence-corrected chi connectivity index (χ2v) is 7.45. The molecule has 0 unspecified atom stereocenters. The second-order valence-electron chi connectivity index (χ2n) is 7.07. The summed E-state index contributed by atoms with van der Waals surface area (Å²) in [5.74, 6) is 0. The molecule has 126 valence electrons. The molecule has 1 aliphatic carbocycles. The lowest BCUT2D eigenvalue weighted by Crippen LogP contribution is -2.49. The largest absolute Gasteiger partial charge is 0.444 e. The van der Waals surface area contributed by atoms with Crippen LogP contribution in [0.1, 0.15) is 33.1 Å². The van der Waals surface area contributed by atoms with E-state index in [1.54, 1.807) is 0 Å². The third-order valence-electron chi connectivity index (χ3n) is 4.46. The Morgan fingerprint density at radius 2 is 2.26 bits per heavy atom. The topological polar surface area (TPSA) is 87.3 Å². The Hall–Kier alpha value is -1.76. The summed E-state index contributed by atoms with van der Waals surface area (Å²) in [4.78, 5) is 25.3. The van der Waals surface area contributed by atoms with Crippen molar-refractivity contribution < 1.29 is 9.53 Å². The molecule has 0 spiro atoms. The molecule has 7 nitrogen and oxygen atoms in total. The number of alkyl carbamates (subject to hydrolysis) is 1. The molecule has 1 aromatic heterocycles. The van der Waals surface area contributed by atoms with Crippen LogP contribution in [0.5, 0.6) is 0 Å². The standard InChI is InChI=1S/C15H21ClN4O3/c1-15(2)5-9(6-15)18-14(22)23-10-3-4-20(8-10)11-7-17-19-13(21)12(11)16/h7,9-10H,3-6,8H2,1-2H3,(H,18,22)(H,19,21)/t10-/m1/s1. The number of carbonyl (C=O) groups is 1. The third-order valence-corrected chi connectivity index (χ3v) is 4.82. The zero-order valence-electron chi connectivity index (χ0n) is 13.3. The van der Waals surface area contributed by atoms with Crippen molar-refractivity contribution in [3.63, 3.8) is 0 Å². The summed E-state index contributed by atoms with van der Waals surface area (Å²) in [5.41, 5.74) is 0.466. The van der Waals surface area contributed by atoms with Gasteiger partial charge in [-0.3, -0.25) is 4.79 Å². The van der Waals surface area contributed by atoms with Gasteiger partial charge in [-0.05, 0) is 18.3 Å². The van der Waals surface area contributed by atoms with Crippen molar-refractivity contribution in [2.75, 3.05) is 18.0 Å². The second kappa shape index (κ2) is 6.03. The van der Waals surface area contributed by atoms with E-state index in [1.807, 2.05) is 4.90 Å². The van der Waals surface area contributed by atoms with Gasteiger partial charge in [0.05, 0.1) is 18.4 Å². The average molecular weight is 341 g/mol. The normalized spacial score (nSPS) is 23.4. The van der Waals surface area contributed by atoms with Crippen LogP contribution in [-0.4, -0.2) is 41.5 Å². The van der Waals surface area contributed by atoms with Crippen LogP contribution in [0.15, 0.2) is 11.0 Å². The van der Waals surface area contributed by atoms with Crippen molar-refractivity contribution >= 4 is 23.4 Å². The maximum atomic E-state index is 11.9. The highest BCUT2D eigenvalue weighted by Crippen LogP contribution is 2.39. The molecule has 2 aliphatic rings. The molecule has 1 atom stereocenters. The van der Waals surface area contributed by atoms with E-state index < -0.39 is 5.56 Å². The Bertz CT molecular complexity index is 652. The molecule has 1 aromatic rings. The van der Waals surface area contributed by atoms with Crippen molar-refractivity contribution in [1.82, 2.24) is 15.5 Å². The lowest BCUT2D eigenvalue weighted by atomic mass is 9.68. The number of ether oxygens (including phenoxy) is 1. The molecular formula is C15H21ClN4O3. The molecule has 1 saturated heterocycles. The number of anilines is 1. The SMILES string of the molecule is CC1(C)CC(NC(=O)O[C@@H]2CCN(c3cn[nH]c(=O)c3Cl)C2)C1. The number of amides is 1. The van der Waals surface area contributed by atoms with Crippen LogP contribution in [0.25, 0.3) is 0 Å². The monoisotopic (exact) mass is 340 g/mol. The van der Waals surface area contributed by atoms with Crippen molar-refractivity contribution in [2.24, 2.45) is 5.41 Å². The molecule has 3 rings (SSSR count). The number of aromatic amines is 1. The minimum Gasteiger partial charge on any atom is -0.444 e. The molecule has 23 heavy (non-hydrogen) atoms. The third kappa shape index (κ3) is 3.60. The first kappa shape index (κ1) is 16.1. The highest BCUT2D eigenvalue weighted by Gasteiger charge is 2.37. The van der Waals surface area contributed by atoms with Gasteiger partial charge in [0, 0.05) is 19.0 Å². The van der Waals surface area contributed by atoms with E-state index in [-0.39, 0.29) is 23.3 Å². The molecule has 0 radical (unpaired) electrons. The quantitative estimate of drug-likeness (QED) is 0.877. The molecule has 0 bridgehead atoms. The van der Waals surface area contributed by atoms with Gasteiger partial charge in [-0.25, -0.2) is 9.89 Å². The maximum absolute atomic E-state index is 11.9. The smallest absolute Gasteiger partial charge is 0.407 e. The summed E-state index contributed by atoms with van der Waals surface area (Å²) in [6, 6.07) is 0.210. The first-order chi connectivity index (χ1) is 10.8. The Kier molecular flexibility index (Phi) is 4.23. The Labute approximate surface area is 139 Å². The fourth-order valence-corrected chi connectivity index (χ4v) is 3.58. The molecule has 8 heteroatoms. The van der Waals surface area contributed by atoms with Gasteiger partial charge in [0.25, 0.3) is 5.56 Å². The van der Waals surface area contributed by atoms with Crippen LogP contribution in [0.2, 0.25) is 5.02 Å². The predicted molar refractivity (Wildman–Crippen MR) is 86.9 cm³/mol. The van der Waals surface area contributed by atoms with Crippen LogP contribution < -0.4 is 15.8 Å². The van der Waals surface area contributed by atoms with Gasteiger partial charge in [-0.2, -0.15) is 5.10 Å². The number of nitrogens with one attached hydrogen (secondary N) is 2. The highest BCUT2D eigenvalue weighted by atomic mass is 35.5. The van der Waals surface area contributed by atoms with E-state index in [4.69, 9.17) is 16.3 Å². The molecule has 2 heterocycles. The number of hydrogen-bond donors (Lipinski definition) is 2. The summed E-state index contributed by atoms with van der Waals surface area (Å²) in [6.07, 6.45) is 3.60. The Morgan fingerprint density at radius 1 is 1.52 bits per heavy atom. The van der Waals surface area contributed by atoms with Crippen LogP contribution in [0.4, 0.5) is 10.5 Å². The van der Waals surface area contributed by atoms with E-state index in [9.17, 15) is 9.59 Å². The van der Waals surface area contributed by atoms with Crippen molar-refractivity contribution in [3.8, 4) is 0 Å². The number of H-pyrrole nitrogens is 1. The van der Waals surface area contributed by atoms with E-state index in [1.165, 1.54) is 6.20 Å². The van der Waals surface area contributed by atoms with E-state index in [0.29, 0.717) is 30.6 Å². The number of aromatic nitrogens is 2. The predicted octanol–water partition coefficient (Wildman–Crippen LogP) is 1.92. The molecule has 2 N–H and O–H groups in total. The summed E-state index contributed by atoms with van der Waals surface area (Å²) in [6.45, 7) is 5.54. The first-order valence-corrected chi connectivity index (χ1v) is 8.17. The zero-order valence-corrected chi connectivity index (χ0v) is 14.0. The maximum Gasteiger partial charge on any atom is 0.407 e. The Balaban J connectivity index is 1.51. The molecule has 1 amide bonds. The van der Waals surface area contributed by atoms with Crippen LogP contribution >= 0.6 is 11.6 Å². The van der Waals surface area contributed by atoms with Crippen molar-refractivity contribution in [2.45, 2.75) is 45.3 Å². The zero-order chi connectivity index (χ0) is 16.6. The van der Waals surface area contributed by atoms with E-state index in [0.717, 1.165) is 12.8 Å². The van der Waals surface area contributed by atoms with Crippen LogP contribution in [0.3, 0.4) is 0 Å². The van der Waals surface area contributed by atoms with Gasteiger partial charge in [0.15, 0.2) is 0 Å². The number of nitrogens with zero attached hydrogens (tertiary/aromatic N) is 2. The summed E-state index contributed by atoms with van der Waals surface area (Å²) >= 11 is 6.00. The fourth-order valence-electron chi connectivity index (χ4n) is 3.37. The summed E-state index contributed by atoms with van der Waals surface area (Å²) in [7, 11) is 0. The van der Waals surface area contributed by atoms with Crippen molar-refractivity contribution in [3.05, 3.63) is 21.6 Å². The highest BCUT2D eigenvalue weighted by molar-refractivity contribution is 6.33. The molecular weight excluding hydrogens is 320 g/mol. The number of hydrogen-bond acceptors (Lipinski definition) is 5. The lowest BCUT2D eigenvalue weighted by Gasteiger charge is -2.42. The number of halogens is 1. The first-order valence-electron chi connectivity index (χ1n) is 7.79. The van der Waals surface area contributed by atoms with Gasteiger partial charge >= 0.3 is 6.09 Å². The van der Waals surface area contributed by atoms with Crippen molar-refractivity contribution in [1.29, 1.82) is 0 Å². The molecule has 1 aliphatic heterocycles. The summed E-state index contributed by atoms with van der Waals surface area (Å²) < 4.78 is 5.47. The summed E-state index contributed by atoms with van der Waals surface area (Å²) in [5, 5.41) is 9.07. The minimum atomic E-state index is -0.418. The van der Waals surface area contributed by atoms with Gasteiger partial charge in [-0.1, -0.05) is 25.4 Å². The van der Waals surface area contributed by atoms with Gasteiger partial charge < -0.3 is 15.0 Å². The molecule has 2 fully saturated rings. The lowest BCUT2D eigenvalue weighted by molar-refractivity contribution is 0.0795. The Morgan fingerprint density at radius 3 is 2.96 bits per heavy atom. The average Bonchev–Trinajstić information content (AvgIpc) is 2.88. The van der Waals surface area contributed by atoms with Crippen LogP contribution in [-0.2, 0) is 4.74 Å². The fraction of sp³-hybridized carbons (Fsp3) is 0.667. The van der Waals surface area contributed by atoms with E-state index >= 15 is 0 Å². The molecule has 1 saturated carbocycles. The molecule has 0 aromatic carbocycles. The van der Waals surface area contributed by atoms with Gasteiger partial charge in [0.1, 0.15) is 11.1 Å². The van der Waals surface area contributed by atoms with Gasteiger partial charge in [0.2, 0.25) is 0 Å². The minimum absolute atomic E-state index is 0.113. The van der Waals surface area contributed by atoms with E-state index in [2.05, 4.69) is 29.4 Å².